The van der Waals surface area contributed by atoms with Crippen LogP contribution in [0.3, 0.4) is 0 Å². The van der Waals surface area contributed by atoms with Gasteiger partial charge in [0.05, 0.1) is 0 Å². The Bertz CT molecular complexity index is 982. The van der Waals surface area contributed by atoms with E-state index in [0.717, 1.165) is 0 Å². The Balaban J connectivity index is 1.86. The van der Waals surface area contributed by atoms with Gasteiger partial charge >= 0.3 is 141 Å². The summed E-state index contributed by atoms with van der Waals surface area (Å²) in [5.41, 5.74) is 2.88. The van der Waals surface area contributed by atoms with Crippen LogP contribution in [-0.2, 0) is 0 Å². The van der Waals surface area contributed by atoms with Gasteiger partial charge in [0.1, 0.15) is 0 Å². The van der Waals surface area contributed by atoms with Crippen LogP contribution in [0.4, 0.5) is 0 Å². The molecule has 1 aliphatic heterocycles. The molecule has 0 unspecified atom stereocenters. The van der Waals surface area contributed by atoms with E-state index in [2.05, 4.69) is 91.0 Å². The predicted molar refractivity (Wildman–Crippen MR) is 100 cm³/mol. The van der Waals surface area contributed by atoms with Crippen LogP contribution in [0.1, 0.15) is 0 Å². The van der Waals surface area contributed by atoms with E-state index in [-0.39, 0.29) is 0 Å². The summed E-state index contributed by atoms with van der Waals surface area (Å²) in [5.74, 6) is 0. The Hall–Kier alpha value is -2.30. The Kier molecular flexibility index (Phi) is 2.93. The molecule has 4 aromatic rings. The summed E-state index contributed by atoms with van der Waals surface area (Å²) in [5, 5.41) is 2.77. The van der Waals surface area contributed by atoms with Crippen LogP contribution in [0.5, 0.6) is 0 Å². The third-order valence-electron chi connectivity index (χ3n) is 4.59. The van der Waals surface area contributed by atoms with Gasteiger partial charge < -0.3 is 0 Å². The molecule has 0 spiro atoms. The molecule has 0 bridgehead atoms. The Morgan fingerprint density at radius 2 is 0.957 bits per heavy atom. The molecule has 0 amide bonds. The van der Waals surface area contributed by atoms with E-state index in [0.29, 0.717) is 0 Å². The first-order chi connectivity index (χ1) is 11.4. The van der Waals surface area contributed by atoms with Crippen molar-refractivity contribution in [1.82, 2.24) is 0 Å². The van der Waals surface area contributed by atoms with E-state index >= 15 is 0 Å². The maximum atomic E-state index is 2.35. The van der Waals surface area contributed by atoms with Crippen molar-refractivity contribution in [1.29, 1.82) is 0 Å². The van der Waals surface area contributed by atoms with Crippen LogP contribution < -0.4 is 13.1 Å². The molecule has 1 heteroatoms. The van der Waals surface area contributed by atoms with Crippen molar-refractivity contribution in [3.05, 3.63) is 91.0 Å². The molecule has 108 valence electrons. The average molecular weight is 354 g/mol. The minimum absolute atomic E-state index is 1.35. The second kappa shape index (κ2) is 5.11. The first-order valence-corrected chi connectivity index (χ1v) is 10.7. The fraction of sp³-hybridized carbons (Fsp3) is 0. The van der Waals surface area contributed by atoms with Gasteiger partial charge in [0.15, 0.2) is 0 Å². The molecule has 5 rings (SSSR count). The summed E-state index contributed by atoms with van der Waals surface area (Å²) in [6, 6.07) is 33.6. The van der Waals surface area contributed by atoms with Crippen molar-refractivity contribution < 1.29 is 0 Å². The summed E-state index contributed by atoms with van der Waals surface area (Å²) in [6.45, 7) is 0. The van der Waals surface area contributed by atoms with Gasteiger partial charge in [-0.1, -0.05) is 0 Å². The molecule has 0 aliphatic carbocycles. The molecule has 4 aromatic carbocycles. The monoisotopic (exact) mass is 354 g/mol. The standard InChI is InChI=1S/C22H15As/c1-2-10-17-16(8-1)9-7-15-20(17)23-21-13-5-3-11-18(21)19-12-4-6-14-22(19)23/h1-15H. The van der Waals surface area contributed by atoms with Crippen LogP contribution in [0, 0.1) is 0 Å². The van der Waals surface area contributed by atoms with Crippen molar-refractivity contribution >= 4 is 38.5 Å². The van der Waals surface area contributed by atoms with Gasteiger partial charge in [-0.15, -0.1) is 0 Å². The summed E-state index contributed by atoms with van der Waals surface area (Å²) < 4.78 is 4.68. The molecular formula is C22H15As. The van der Waals surface area contributed by atoms with Crippen molar-refractivity contribution in [3.63, 3.8) is 0 Å². The third-order valence-corrected chi connectivity index (χ3v) is 10.1. The van der Waals surface area contributed by atoms with Gasteiger partial charge in [0, 0.05) is 0 Å². The molecule has 0 nitrogen and oxygen atoms in total. The quantitative estimate of drug-likeness (QED) is 0.405. The van der Waals surface area contributed by atoms with E-state index in [4.69, 9.17) is 0 Å². The van der Waals surface area contributed by atoms with E-state index in [9.17, 15) is 0 Å². The van der Waals surface area contributed by atoms with E-state index in [1.165, 1.54) is 21.9 Å². The van der Waals surface area contributed by atoms with Gasteiger partial charge in [-0.3, -0.25) is 0 Å². The average Bonchev–Trinajstić information content (AvgIpc) is 2.96. The zero-order chi connectivity index (χ0) is 15.2. The molecule has 0 fully saturated rings. The van der Waals surface area contributed by atoms with Gasteiger partial charge in [0.25, 0.3) is 0 Å². The van der Waals surface area contributed by atoms with Gasteiger partial charge in [-0.05, 0) is 0 Å². The molecule has 1 aliphatic rings. The Morgan fingerprint density at radius 3 is 1.70 bits per heavy atom. The molecule has 0 N–H and O–H groups in total. The third kappa shape index (κ3) is 1.92. The van der Waals surface area contributed by atoms with E-state index in [1.54, 1.807) is 13.1 Å². The first-order valence-electron chi connectivity index (χ1n) is 7.90. The van der Waals surface area contributed by atoms with Crippen LogP contribution in [0.15, 0.2) is 91.0 Å². The molecule has 0 saturated heterocycles. The van der Waals surface area contributed by atoms with Gasteiger partial charge in [0.2, 0.25) is 0 Å². The first kappa shape index (κ1) is 13.2. The fourth-order valence-electron chi connectivity index (χ4n) is 3.59. The second-order valence-corrected chi connectivity index (χ2v) is 10.3. The number of rotatable bonds is 1. The number of hydrogen-bond donors (Lipinski definition) is 0. The predicted octanol–water partition coefficient (Wildman–Crippen LogP) is 3.34. The minimum atomic E-state index is -1.47. The van der Waals surface area contributed by atoms with Crippen molar-refractivity contribution in [2.24, 2.45) is 0 Å². The number of fused-ring (bicyclic) bond motifs is 4. The van der Waals surface area contributed by atoms with Crippen LogP contribution in [0.2, 0.25) is 0 Å². The Labute approximate surface area is 140 Å². The van der Waals surface area contributed by atoms with Crippen LogP contribution in [-0.4, -0.2) is 14.7 Å². The van der Waals surface area contributed by atoms with Crippen molar-refractivity contribution in [2.45, 2.75) is 0 Å². The zero-order valence-corrected chi connectivity index (χ0v) is 14.5. The van der Waals surface area contributed by atoms with Crippen LogP contribution in [0.25, 0.3) is 21.9 Å². The van der Waals surface area contributed by atoms with Crippen LogP contribution >= 0.6 is 0 Å². The molecule has 0 radical (unpaired) electrons. The van der Waals surface area contributed by atoms with Crippen molar-refractivity contribution in [2.75, 3.05) is 0 Å². The van der Waals surface area contributed by atoms with E-state index in [1.807, 2.05) is 0 Å². The number of benzene rings is 4. The normalized spacial score (nSPS) is 13.0. The van der Waals surface area contributed by atoms with Crippen molar-refractivity contribution in [3.8, 4) is 11.1 Å². The maximum absolute atomic E-state index is 2.35. The fourth-order valence-corrected chi connectivity index (χ4v) is 9.46. The van der Waals surface area contributed by atoms with Gasteiger partial charge in [-0.2, -0.15) is 0 Å². The molecule has 23 heavy (non-hydrogen) atoms. The van der Waals surface area contributed by atoms with Gasteiger partial charge in [-0.25, -0.2) is 0 Å². The summed E-state index contributed by atoms with van der Waals surface area (Å²) in [7, 11) is 0. The molecular weight excluding hydrogens is 339 g/mol. The number of hydrogen-bond acceptors (Lipinski definition) is 0. The zero-order valence-electron chi connectivity index (χ0n) is 12.6. The topological polar surface area (TPSA) is 0 Å². The molecule has 1 heterocycles. The van der Waals surface area contributed by atoms with E-state index < -0.39 is 14.7 Å². The summed E-state index contributed by atoms with van der Waals surface area (Å²) in [4.78, 5) is 0. The SMILES string of the molecule is c1ccc2c(c1)-c1ccccc1[As]2c1cccc2ccccc12. The molecule has 0 aromatic heterocycles. The second-order valence-electron chi connectivity index (χ2n) is 5.87. The Morgan fingerprint density at radius 1 is 0.435 bits per heavy atom. The molecule has 0 saturated carbocycles. The summed E-state index contributed by atoms with van der Waals surface area (Å²) >= 11 is -1.47. The summed E-state index contributed by atoms with van der Waals surface area (Å²) in [6.07, 6.45) is 0. The molecule has 0 atom stereocenters.